The van der Waals surface area contributed by atoms with Crippen LogP contribution in [0, 0.1) is 11.3 Å². The summed E-state index contributed by atoms with van der Waals surface area (Å²) in [5.41, 5.74) is 6.47. The molecule has 33 heavy (non-hydrogen) atoms. The number of morpholine rings is 1. The third-order valence-corrected chi connectivity index (χ3v) is 5.55. The van der Waals surface area contributed by atoms with Crippen molar-refractivity contribution in [2.75, 3.05) is 49.6 Å². The van der Waals surface area contributed by atoms with E-state index in [9.17, 15) is 18.4 Å². The molecule has 2 aliphatic rings. The Hall–Kier alpha value is -2.30. The predicted octanol–water partition coefficient (Wildman–Crippen LogP) is 2.68. The molecule has 0 unspecified atom stereocenters. The number of nitrogens with zero attached hydrogens (tertiary/aromatic N) is 2. The van der Waals surface area contributed by atoms with E-state index in [2.05, 4.69) is 35.7 Å². The highest BCUT2D eigenvalue weighted by Crippen LogP contribution is 2.34. The van der Waals surface area contributed by atoms with Crippen molar-refractivity contribution >= 4 is 23.2 Å². The van der Waals surface area contributed by atoms with Crippen molar-refractivity contribution in [2.24, 2.45) is 17.1 Å². The van der Waals surface area contributed by atoms with Crippen LogP contribution < -0.4 is 20.7 Å². The molecular formula is C23H34F2N4O4. The molecule has 1 heterocycles. The van der Waals surface area contributed by atoms with E-state index in [1.54, 1.807) is 6.07 Å². The molecule has 0 spiro atoms. The number of amides is 2. The second kappa shape index (κ2) is 10.8. The van der Waals surface area contributed by atoms with Crippen molar-refractivity contribution in [3.05, 3.63) is 18.2 Å². The van der Waals surface area contributed by atoms with E-state index >= 15 is 0 Å². The van der Waals surface area contributed by atoms with Crippen molar-refractivity contribution < 1.29 is 27.8 Å². The van der Waals surface area contributed by atoms with Gasteiger partial charge in [0.15, 0.2) is 5.75 Å². The summed E-state index contributed by atoms with van der Waals surface area (Å²) in [6.07, 6.45) is 2.30. The van der Waals surface area contributed by atoms with Gasteiger partial charge in [-0.25, -0.2) is 0 Å². The van der Waals surface area contributed by atoms with Crippen LogP contribution in [0.15, 0.2) is 18.2 Å². The third-order valence-electron chi connectivity index (χ3n) is 5.55. The van der Waals surface area contributed by atoms with Gasteiger partial charge in [0.2, 0.25) is 5.91 Å². The third kappa shape index (κ3) is 7.35. The smallest absolute Gasteiger partial charge is 0.387 e. The number of rotatable bonds is 10. The van der Waals surface area contributed by atoms with Crippen molar-refractivity contribution in [3.63, 3.8) is 0 Å². The Labute approximate surface area is 193 Å². The zero-order valence-corrected chi connectivity index (χ0v) is 19.5. The van der Waals surface area contributed by atoms with Crippen LogP contribution in [0.3, 0.4) is 0 Å². The number of ether oxygens (including phenoxy) is 2. The number of hydrogen-bond donors (Lipinski definition) is 2. The molecule has 1 aromatic carbocycles. The van der Waals surface area contributed by atoms with Crippen molar-refractivity contribution in [2.45, 2.75) is 46.3 Å². The average molecular weight is 469 g/mol. The molecule has 1 aliphatic heterocycles. The van der Waals surface area contributed by atoms with E-state index in [0.29, 0.717) is 24.8 Å². The van der Waals surface area contributed by atoms with Gasteiger partial charge in [-0.05, 0) is 36.3 Å². The van der Waals surface area contributed by atoms with Crippen LogP contribution >= 0.6 is 0 Å². The number of halogens is 2. The lowest BCUT2D eigenvalue weighted by Gasteiger charge is -2.35. The van der Waals surface area contributed by atoms with Gasteiger partial charge in [0.05, 0.1) is 12.3 Å². The lowest BCUT2D eigenvalue weighted by molar-refractivity contribution is -0.126. The number of nitrogens with one attached hydrogen (secondary N) is 1. The highest BCUT2D eigenvalue weighted by molar-refractivity contribution is 5.98. The second-order valence-electron chi connectivity index (χ2n) is 9.83. The molecule has 2 fully saturated rings. The number of hydrogen-bond acceptors (Lipinski definition) is 6. The standard InChI is InChI=1S/C23H34F2N4O4/c1-23(2,3)14-28(12-15-4-5-15)18(11-26)21(31)27-16-6-7-17(19(10-16)33-22(24)25)29-8-9-32-13-20(29)30/h6-7,10,15,18,22H,4-5,8-9,11-14,26H2,1-3H3,(H,27,31)/t18-/m0/s1. The monoisotopic (exact) mass is 468 g/mol. The first-order chi connectivity index (χ1) is 15.6. The molecule has 8 nitrogen and oxygen atoms in total. The SMILES string of the molecule is CC(C)(C)CN(CC1CC1)[C@@H](CN)C(=O)Nc1ccc(N2CCOCC2=O)c(OC(F)F)c1. The van der Waals surface area contributed by atoms with E-state index in [0.717, 1.165) is 19.4 Å². The predicted molar refractivity (Wildman–Crippen MR) is 121 cm³/mol. The van der Waals surface area contributed by atoms with Gasteiger partial charge in [0.25, 0.3) is 5.91 Å². The minimum atomic E-state index is -3.08. The Balaban J connectivity index is 1.79. The number of alkyl halides is 2. The quantitative estimate of drug-likeness (QED) is 0.548. The maximum Gasteiger partial charge on any atom is 0.387 e. The molecule has 1 saturated carbocycles. The van der Waals surface area contributed by atoms with Crippen molar-refractivity contribution in [1.29, 1.82) is 0 Å². The first-order valence-electron chi connectivity index (χ1n) is 11.3. The van der Waals surface area contributed by atoms with Gasteiger partial charge in [-0.2, -0.15) is 8.78 Å². The summed E-state index contributed by atoms with van der Waals surface area (Å²) in [5.74, 6) is -0.267. The van der Waals surface area contributed by atoms with Crippen molar-refractivity contribution in [1.82, 2.24) is 4.90 Å². The van der Waals surface area contributed by atoms with E-state index in [4.69, 9.17) is 10.5 Å². The zero-order valence-electron chi connectivity index (χ0n) is 19.5. The molecule has 3 rings (SSSR count). The molecule has 10 heteroatoms. The molecule has 0 bridgehead atoms. The maximum absolute atomic E-state index is 13.1. The Bertz CT molecular complexity index is 842. The summed E-state index contributed by atoms with van der Waals surface area (Å²) in [4.78, 5) is 28.8. The van der Waals surface area contributed by atoms with E-state index < -0.39 is 12.7 Å². The summed E-state index contributed by atoms with van der Waals surface area (Å²) in [6.45, 7) is 5.27. The summed E-state index contributed by atoms with van der Waals surface area (Å²) >= 11 is 0. The lowest BCUT2D eigenvalue weighted by atomic mass is 9.94. The first kappa shape index (κ1) is 25.3. The molecule has 1 aromatic rings. The van der Waals surface area contributed by atoms with E-state index in [1.807, 2.05) is 0 Å². The van der Waals surface area contributed by atoms with Crippen LogP contribution in [0.4, 0.5) is 20.2 Å². The Morgan fingerprint density at radius 2 is 2.09 bits per heavy atom. The van der Waals surface area contributed by atoms with Crippen LogP contribution in [0.25, 0.3) is 0 Å². The Morgan fingerprint density at radius 1 is 1.36 bits per heavy atom. The summed E-state index contributed by atoms with van der Waals surface area (Å²) in [7, 11) is 0. The van der Waals surface area contributed by atoms with E-state index in [-0.39, 0.29) is 48.4 Å². The minimum absolute atomic E-state index is 0.0206. The van der Waals surface area contributed by atoms with Crippen LogP contribution in [0.2, 0.25) is 0 Å². The van der Waals surface area contributed by atoms with Crippen LogP contribution in [0.5, 0.6) is 5.75 Å². The second-order valence-corrected chi connectivity index (χ2v) is 9.83. The summed E-state index contributed by atoms with van der Waals surface area (Å²) in [6, 6.07) is 3.82. The summed E-state index contributed by atoms with van der Waals surface area (Å²) < 4.78 is 35.9. The largest absolute Gasteiger partial charge is 0.433 e. The minimum Gasteiger partial charge on any atom is -0.433 e. The topological polar surface area (TPSA) is 97.1 Å². The van der Waals surface area contributed by atoms with Crippen molar-refractivity contribution in [3.8, 4) is 5.75 Å². The number of carbonyl (C=O) groups is 2. The molecular weight excluding hydrogens is 434 g/mol. The Kier molecular flexibility index (Phi) is 8.25. The number of anilines is 2. The van der Waals surface area contributed by atoms with Gasteiger partial charge in [0, 0.05) is 37.9 Å². The fourth-order valence-corrected chi connectivity index (χ4v) is 3.97. The highest BCUT2D eigenvalue weighted by Gasteiger charge is 2.33. The lowest BCUT2D eigenvalue weighted by Crippen LogP contribution is -2.51. The molecule has 0 aromatic heterocycles. The van der Waals surface area contributed by atoms with Crippen LogP contribution in [-0.2, 0) is 14.3 Å². The fraction of sp³-hybridized carbons (Fsp3) is 0.652. The molecule has 1 saturated heterocycles. The molecule has 2 amide bonds. The number of benzene rings is 1. The van der Waals surface area contributed by atoms with Gasteiger partial charge >= 0.3 is 6.61 Å². The molecule has 1 atom stereocenters. The van der Waals surface area contributed by atoms with Crippen LogP contribution in [-0.4, -0.2) is 68.8 Å². The van der Waals surface area contributed by atoms with Gasteiger partial charge in [-0.3, -0.25) is 14.5 Å². The first-order valence-corrected chi connectivity index (χ1v) is 11.3. The average Bonchev–Trinajstić information content (AvgIpc) is 3.52. The molecule has 1 aliphatic carbocycles. The molecule has 0 radical (unpaired) electrons. The van der Waals surface area contributed by atoms with Gasteiger partial charge in [0.1, 0.15) is 12.6 Å². The Morgan fingerprint density at radius 3 is 2.67 bits per heavy atom. The maximum atomic E-state index is 13.1. The molecule has 3 N–H and O–H groups in total. The summed E-state index contributed by atoms with van der Waals surface area (Å²) in [5, 5.41) is 2.79. The van der Waals surface area contributed by atoms with E-state index in [1.165, 1.54) is 17.0 Å². The zero-order chi connectivity index (χ0) is 24.2. The number of nitrogens with two attached hydrogens (primary N) is 1. The fourth-order valence-electron chi connectivity index (χ4n) is 3.97. The molecule has 184 valence electrons. The van der Waals surface area contributed by atoms with Crippen LogP contribution in [0.1, 0.15) is 33.6 Å². The van der Waals surface area contributed by atoms with Gasteiger partial charge in [-0.1, -0.05) is 20.8 Å². The van der Waals surface area contributed by atoms with Gasteiger partial charge < -0.3 is 25.4 Å². The number of carbonyl (C=O) groups excluding carboxylic acids is 2. The van der Waals surface area contributed by atoms with Gasteiger partial charge in [-0.15, -0.1) is 0 Å². The normalized spacial score (nSPS) is 18.1. The highest BCUT2D eigenvalue weighted by atomic mass is 19.3.